The molecule has 0 saturated carbocycles. The van der Waals surface area contributed by atoms with Crippen molar-refractivity contribution in [2.45, 2.75) is 19.5 Å². The van der Waals surface area contributed by atoms with E-state index in [4.69, 9.17) is 14.5 Å². The zero-order valence-electron chi connectivity index (χ0n) is 19.9. The van der Waals surface area contributed by atoms with E-state index >= 15 is 0 Å². The number of aliphatic imine (C=N–C) groups is 1. The van der Waals surface area contributed by atoms with E-state index in [0.29, 0.717) is 38.7 Å². The molecule has 2 aliphatic rings. The summed E-state index contributed by atoms with van der Waals surface area (Å²) >= 11 is 3.52. The van der Waals surface area contributed by atoms with Gasteiger partial charge >= 0.3 is 0 Å². The minimum Gasteiger partial charge on any atom is -0.497 e. The van der Waals surface area contributed by atoms with E-state index in [2.05, 4.69) is 39.9 Å². The standard InChI is InChI=1S/C28H28BrN3O3/c1-19-3-12-25-22(17-19)18-32(27(30-25)21-6-10-24(34-2)11-7-21)28(33)26(31-13-15-35-16-14-31)20-4-8-23(29)9-5-20/h3-12,17,26H,13-16,18H2,1-2H3. The molecule has 1 amide bonds. The molecule has 3 aromatic carbocycles. The highest BCUT2D eigenvalue weighted by Gasteiger charge is 2.36. The molecule has 1 atom stereocenters. The largest absolute Gasteiger partial charge is 0.497 e. The number of amides is 1. The number of methoxy groups -OCH3 is 1. The number of morpholine rings is 1. The van der Waals surface area contributed by atoms with Gasteiger partial charge in [0.2, 0.25) is 5.91 Å². The van der Waals surface area contributed by atoms with Gasteiger partial charge in [0, 0.05) is 23.1 Å². The lowest BCUT2D eigenvalue weighted by Gasteiger charge is -2.38. The molecule has 0 aliphatic carbocycles. The van der Waals surface area contributed by atoms with Crippen molar-refractivity contribution in [1.29, 1.82) is 0 Å². The van der Waals surface area contributed by atoms with E-state index in [9.17, 15) is 4.79 Å². The van der Waals surface area contributed by atoms with Gasteiger partial charge in [-0.2, -0.15) is 0 Å². The molecule has 5 rings (SSSR count). The maximum Gasteiger partial charge on any atom is 0.250 e. The van der Waals surface area contributed by atoms with Gasteiger partial charge in [-0.05, 0) is 60.5 Å². The summed E-state index contributed by atoms with van der Waals surface area (Å²) in [6.45, 7) is 5.16. The normalized spacial score (nSPS) is 16.9. The van der Waals surface area contributed by atoms with Crippen LogP contribution in [0, 0.1) is 6.92 Å². The summed E-state index contributed by atoms with van der Waals surface area (Å²) in [5.41, 5.74) is 4.94. The molecule has 1 unspecified atom stereocenters. The van der Waals surface area contributed by atoms with Gasteiger partial charge in [-0.3, -0.25) is 14.6 Å². The Bertz CT molecular complexity index is 1240. The van der Waals surface area contributed by atoms with E-state index in [-0.39, 0.29) is 5.91 Å². The number of hydrogen-bond donors (Lipinski definition) is 0. The first-order chi connectivity index (χ1) is 17.0. The fourth-order valence-corrected chi connectivity index (χ4v) is 4.91. The van der Waals surface area contributed by atoms with Crippen molar-refractivity contribution >= 4 is 33.4 Å². The monoisotopic (exact) mass is 533 g/mol. The first-order valence-electron chi connectivity index (χ1n) is 11.7. The van der Waals surface area contributed by atoms with Gasteiger partial charge in [0.05, 0.1) is 32.6 Å². The van der Waals surface area contributed by atoms with Crippen molar-refractivity contribution < 1.29 is 14.3 Å². The second kappa shape index (κ2) is 10.3. The zero-order chi connectivity index (χ0) is 24.4. The summed E-state index contributed by atoms with van der Waals surface area (Å²) < 4.78 is 11.9. The molecule has 3 aromatic rings. The first kappa shape index (κ1) is 23.7. The molecule has 2 heterocycles. The Balaban J connectivity index is 1.58. The fourth-order valence-electron chi connectivity index (χ4n) is 4.65. The molecule has 2 aliphatic heterocycles. The van der Waals surface area contributed by atoms with E-state index in [1.54, 1.807) is 7.11 Å². The summed E-state index contributed by atoms with van der Waals surface area (Å²) in [4.78, 5) is 23.4. The number of halogens is 1. The predicted octanol–water partition coefficient (Wildman–Crippen LogP) is 5.26. The van der Waals surface area contributed by atoms with Crippen LogP contribution in [0.4, 0.5) is 5.69 Å². The number of nitrogens with zero attached hydrogens (tertiary/aromatic N) is 3. The molecule has 0 spiro atoms. The molecule has 0 bridgehead atoms. The Kier molecular flexibility index (Phi) is 7.00. The predicted molar refractivity (Wildman–Crippen MR) is 140 cm³/mol. The Hall–Kier alpha value is -3.00. The number of fused-ring (bicyclic) bond motifs is 1. The summed E-state index contributed by atoms with van der Waals surface area (Å²) in [5, 5.41) is 0. The summed E-state index contributed by atoms with van der Waals surface area (Å²) in [7, 11) is 1.65. The Morgan fingerprint density at radius 2 is 1.74 bits per heavy atom. The van der Waals surface area contributed by atoms with Crippen LogP contribution in [0.25, 0.3) is 0 Å². The van der Waals surface area contributed by atoms with Crippen molar-refractivity contribution in [3.05, 3.63) is 93.5 Å². The smallest absolute Gasteiger partial charge is 0.250 e. The molecular weight excluding hydrogens is 506 g/mol. The molecular formula is C28H28BrN3O3. The SMILES string of the molecule is COc1ccc(C2=Nc3ccc(C)cc3CN2C(=O)C(c2ccc(Br)cc2)N2CCOCC2)cc1. The number of hydrogen-bond acceptors (Lipinski definition) is 5. The van der Waals surface area contributed by atoms with Gasteiger partial charge in [0.1, 0.15) is 17.6 Å². The van der Waals surface area contributed by atoms with Crippen LogP contribution in [-0.2, 0) is 16.1 Å². The Labute approximate surface area is 214 Å². The van der Waals surface area contributed by atoms with Crippen molar-refractivity contribution in [2.75, 3.05) is 33.4 Å². The molecule has 1 saturated heterocycles. The Morgan fingerprint density at radius 1 is 1.03 bits per heavy atom. The molecule has 35 heavy (non-hydrogen) atoms. The molecule has 0 aromatic heterocycles. The summed E-state index contributed by atoms with van der Waals surface area (Å²) in [6.07, 6.45) is 0. The van der Waals surface area contributed by atoms with E-state index in [0.717, 1.165) is 38.2 Å². The average Bonchev–Trinajstić information content (AvgIpc) is 2.90. The van der Waals surface area contributed by atoms with E-state index in [1.807, 2.05) is 59.5 Å². The highest BCUT2D eigenvalue weighted by atomic mass is 79.9. The van der Waals surface area contributed by atoms with Crippen molar-refractivity contribution in [1.82, 2.24) is 9.80 Å². The molecule has 1 fully saturated rings. The van der Waals surface area contributed by atoms with E-state index < -0.39 is 6.04 Å². The third kappa shape index (κ3) is 5.03. The van der Waals surface area contributed by atoms with Crippen LogP contribution in [0.5, 0.6) is 5.75 Å². The first-order valence-corrected chi connectivity index (χ1v) is 12.5. The third-order valence-corrected chi connectivity index (χ3v) is 7.02. The van der Waals surface area contributed by atoms with Gasteiger partial charge in [0.25, 0.3) is 0 Å². The third-order valence-electron chi connectivity index (χ3n) is 6.49. The van der Waals surface area contributed by atoms with Crippen LogP contribution in [-0.4, -0.2) is 55.0 Å². The highest BCUT2D eigenvalue weighted by Crippen LogP contribution is 2.33. The molecule has 6 nitrogen and oxygen atoms in total. The maximum absolute atomic E-state index is 14.4. The van der Waals surface area contributed by atoms with Crippen LogP contribution < -0.4 is 4.74 Å². The molecule has 0 N–H and O–H groups in total. The van der Waals surface area contributed by atoms with Gasteiger partial charge in [-0.25, -0.2) is 4.99 Å². The number of ether oxygens (including phenoxy) is 2. The highest BCUT2D eigenvalue weighted by molar-refractivity contribution is 9.10. The lowest BCUT2D eigenvalue weighted by molar-refractivity contribution is -0.135. The summed E-state index contributed by atoms with van der Waals surface area (Å²) in [5.74, 6) is 1.43. The maximum atomic E-state index is 14.4. The number of rotatable bonds is 5. The van der Waals surface area contributed by atoms with Gasteiger partial charge in [0.15, 0.2) is 0 Å². The van der Waals surface area contributed by atoms with Crippen LogP contribution >= 0.6 is 15.9 Å². The second-order valence-corrected chi connectivity index (χ2v) is 9.74. The van der Waals surface area contributed by atoms with Crippen LogP contribution in [0.2, 0.25) is 0 Å². The number of aryl methyl sites for hydroxylation is 1. The second-order valence-electron chi connectivity index (χ2n) is 8.82. The average molecular weight is 534 g/mol. The van der Waals surface area contributed by atoms with Gasteiger partial charge in [-0.15, -0.1) is 0 Å². The quantitative estimate of drug-likeness (QED) is 0.448. The molecule has 0 radical (unpaired) electrons. The van der Waals surface area contributed by atoms with E-state index in [1.165, 1.54) is 0 Å². The topological polar surface area (TPSA) is 54.4 Å². The minimum atomic E-state index is -0.429. The zero-order valence-corrected chi connectivity index (χ0v) is 21.5. The van der Waals surface area contributed by atoms with Crippen LogP contribution in [0.1, 0.15) is 28.3 Å². The lowest BCUT2D eigenvalue weighted by atomic mass is 10.00. The van der Waals surface area contributed by atoms with Gasteiger partial charge < -0.3 is 9.47 Å². The number of amidine groups is 1. The summed E-state index contributed by atoms with van der Waals surface area (Å²) in [6, 6.07) is 21.5. The van der Waals surface area contributed by atoms with Crippen LogP contribution in [0.3, 0.4) is 0 Å². The minimum absolute atomic E-state index is 0.0101. The van der Waals surface area contributed by atoms with Crippen molar-refractivity contribution in [3.63, 3.8) is 0 Å². The number of carbonyl (C=O) groups excluding carboxylic acids is 1. The lowest BCUT2D eigenvalue weighted by Crippen LogP contribution is -2.49. The van der Waals surface area contributed by atoms with Crippen molar-refractivity contribution in [3.8, 4) is 5.75 Å². The fraction of sp³-hybridized carbons (Fsp3) is 0.286. The number of carbonyl (C=O) groups is 1. The van der Waals surface area contributed by atoms with Crippen LogP contribution in [0.15, 0.2) is 76.2 Å². The molecule has 7 heteroatoms. The number of benzene rings is 3. The molecule has 180 valence electrons. The van der Waals surface area contributed by atoms with Gasteiger partial charge in [-0.1, -0.05) is 45.8 Å². The Morgan fingerprint density at radius 3 is 2.43 bits per heavy atom. The van der Waals surface area contributed by atoms with Crippen molar-refractivity contribution in [2.24, 2.45) is 4.99 Å².